The monoisotopic (exact) mass is 279 g/mol. The van der Waals surface area contributed by atoms with Gasteiger partial charge in [-0.2, -0.15) is 8.42 Å². The number of hydrogen-bond acceptors (Lipinski definition) is 3. The molecule has 0 aliphatic carbocycles. The maximum Gasteiger partial charge on any atom is 0.278 e. The van der Waals surface area contributed by atoms with Gasteiger partial charge >= 0.3 is 0 Å². The third-order valence-electron chi connectivity index (χ3n) is 2.84. The van der Waals surface area contributed by atoms with Crippen LogP contribution < -0.4 is 4.72 Å². The summed E-state index contributed by atoms with van der Waals surface area (Å²) >= 11 is 0. The molecule has 0 spiro atoms. The third-order valence-corrected chi connectivity index (χ3v) is 4.13. The number of anilines is 1. The van der Waals surface area contributed by atoms with Gasteiger partial charge in [-0.05, 0) is 24.1 Å². The lowest BCUT2D eigenvalue weighted by molar-refractivity contribution is 0.598. The zero-order valence-corrected chi connectivity index (χ0v) is 11.8. The molecule has 102 valence electrons. The molecule has 0 unspecified atom stereocenters. The Morgan fingerprint density at radius 2 is 1.84 bits per heavy atom. The fourth-order valence-corrected chi connectivity index (χ4v) is 2.68. The summed E-state index contributed by atoms with van der Waals surface area (Å²) in [7, 11) is -3.59. The molecule has 0 aliphatic rings. The second-order valence-corrected chi connectivity index (χ2v) is 5.85. The minimum Gasteiger partial charge on any atom is -0.332 e. The summed E-state index contributed by atoms with van der Waals surface area (Å²) in [5.41, 5.74) is 1.71. The summed E-state index contributed by atoms with van der Waals surface area (Å²) in [5, 5.41) is 0.0870. The van der Waals surface area contributed by atoms with Crippen LogP contribution in [-0.2, 0) is 22.9 Å². The Morgan fingerprint density at radius 3 is 2.37 bits per heavy atom. The quantitative estimate of drug-likeness (QED) is 0.882. The number of nitrogens with one attached hydrogen (secondary N) is 2. The van der Waals surface area contributed by atoms with E-state index in [9.17, 15) is 8.42 Å². The van der Waals surface area contributed by atoms with Crippen LogP contribution in [0.25, 0.3) is 0 Å². The second kappa shape index (κ2) is 5.44. The Balaban J connectivity index is 2.20. The fourth-order valence-electron chi connectivity index (χ4n) is 1.68. The number of hydrogen-bond donors (Lipinski definition) is 2. The van der Waals surface area contributed by atoms with Crippen LogP contribution in [0.1, 0.15) is 25.2 Å². The Hall–Kier alpha value is -1.82. The van der Waals surface area contributed by atoms with Crippen LogP contribution >= 0.6 is 0 Å². The topological polar surface area (TPSA) is 74.8 Å². The van der Waals surface area contributed by atoms with Gasteiger partial charge in [-0.1, -0.05) is 26.0 Å². The summed E-state index contributed by atoms with van der Waals surface area (Å²) in [5.74, 6) is 0.654. The molecule has 0 aliphatic heterocycles. The van der Waals surface area contributed by atoms with Gasteiger partial charge in [0.15, 0.2) is 5.03 Å². The standard InChI is InChI=1S/C13H17N3O2S/c1-3-10-5-7-11(8-6-10)16-19(17,18)13-9-14-12(4-2)15-13/h5-9,16H,3-4H2,1-2H3,(H,14,15). The van der Waals surface area contributed by atoms with Crippen LogP contribution in [0.5, 0.6) is 0 Å². The molecule has 1 aromatic carbocycles. The SMILES string of the molecule is CCc1ccc(NS(=O)(=O)c2cnc(CC)[nH]2)cc1. The highest BCUT2D eigenvalue weighted by Gasteiger charge is 2.16. The number of imidazole rings is 1. The highest BCUT2D eigenvalue weighted by Crippen LogP contribution is 2.15. The van der Waals surface area contributed by atoms with Crippen LogP contribution in [0.15, 0.2) is 35.5 Å². The van der Waals surface area contributed by atoms with E-state index in [0.717, 1.165) is 12.0 Å². The van der Waals surface area contributed by atoms with E-state index in [1.165, 1.54) is 6.20 Å². The molecule has 2 N–H and O–H groups in total. The maximum absolute atomic E-state index is 12.1. The van der Waals surface area contributed by atoms with E-state index < -0.39 is 10.0 Å². The van der Waals surface area contributed by atoms with Gasteiger partial charge in [0.25, 0.3) is 10.0 Å². The number of benzene rings is 1. The number of rotatable bonds is 5. The zero-order valence-electron chi connectivity index (χ0n) is 11.0. The molecule has 2 aromatic rings. The van der Waals surface area contributed by atoms with Crippen molar-refractivity contribution in [2.75, 3.05) is 4.72 Å². The number of sulfonamides is 1. The molecule has 0 fully saturated rings. The van der Waals surface area contributed by atoms with Crippen molar-refractivity contribution < 1.29 is 8.42 Å². The predicted octanol–water partition coefficient (Wildman–Crippen LogP) is 2.34. The van der Waals surface area contributed by atoms with Crippen LogP contribution in [0.3, 0.4) is 0 Å². The van der Waals surface area contributed by atoms with E-state index in [4.69, 9.17) is 0 Å². The first-order valence-electron chi connectivity index (χ1n) is 6.20. The summed E-state index contributed by atoms with van der Waals surface area (Å²) < 4.78 is 26.7. The van der Waals surface area contributed by atoms with Gasteiger partial charge in [0, 0.05) is 12.1 Å². The molecule has 0 atom stereocenters. The van der Waals surface area contributed by atoms with Gasteiger partial charge in [0.05, 0.1) is 6.20 Å². The van der Waals surface area contributed by atoms with Gasteiger partial charge in [-0.25, -0.2) is 4.98 Å². The number of aromatic amines is 1. The van der Waals surface area contributed by atoms with Crippen molar-refractivity contribution in [3.63, 3.8) is 0 Å². The highest BCUT2D eigenvalue weighted by atomic mass is 32.2. The number of nitrogens with zero attached hydrogens (tertiary/aromatic N) is 1. The van der Waals surface area contributed by atoms with Gasteiger partial charge in [-0.15, -0.1) is 0 Å². The van der Waals surface area contributed by atoms with Crippen molar-refractivity contribution in [3.8, 4) is 0 Å². The Labute approximate surface area is 113 Å². The zero-order chi connectivity index (χ0) is 13.9. The van der Waals surface area contributed by atoms with Gasteiger partial charge in [-0.3, -0.25) is 4.72 Å². The summed E-state index contributed by atoms with van der Waals surface area (Å²) in [4.78, 5) is 6.78. The van der Waals surface area contributed by atoms with Crippen LogP contribution in [0.4, 0.5) is 5.69 Å². The molecule has 2 rings (SSSR count). The van der Waals surface area contributed by atoms with Crippen molar-refractivity contribution >= 4 is 15.7 Å². The Kier molecular flexibility index (Phi) is 3.90. The number of H-pyrrole nitrogens is 1. The molecule has 1 aromatic heterocycles. The van der Waals surface area contributed by atoms with Crippen molar-refractivity contribution in [1.82, 2.24) is 9.97 Å². The lowest BCUT2D eigenvalue weighted by Crippen LogP contribution is -2.13. The fraction of sp³-hybridized carbons (Fsp3) is 0.308. The first-order chi connectivity index (χ1) is 9.05. The maximum atomic E-state index is 12.1. The average Bonchev–Trinajstić information content (AvgIpc) is 2.89. The summed E-state index contributed by atoms with van der Waals surface area (Å²) in [6, 6.07) is 7.32. The summed E-state index contributed by atoms with van der Waals surface area (Å²) in [6.07, 6.45) is 2.93. The molecule has 5 nitrogen and oxygen atoms in total. The molecular formula is C13H17N3O2S. The molecule has 0 amide bonds. The van der Waals surface area contributed by atoms with E-state index in [1.54, 1.807) is 12.1 Å². The van der Waals surface area contributed by atoms with Crippen molar-refractivity contribution in [3.05, 3.63) is 41.9 Å². The first-order valence-corrected chi connectivity index (χ1v) is 7.69. The van der Waals surface area contributed by atoms with Crippen LogP contribution in [0, 0.1) is 0 Å². The lowest BCUT2D eigenvalue weighted by Gasteiger charge is -2.06. The van der Waals surface area contributed by atoms with Crippen molar-refractivity contribution in [2.24, 2.45) is 0 Å². The molecule has 0 radical (unpaired) electrons. The smallest absolute Gasteiger partial charge is 0.278 e. The van der Waals surface area contributed by atoms with Crippen LogP contribution in [-0.4, -0.2) is 18.4 Å². The normalized spacial score (nSPS) is 11.5. The average molecular weight is 279 g/mol. The Morgan fingerprint density at radius 1 is 1.16 bits per heavy atom. The number of aromatic nitrogens is 2. The molecule has 0 bridgehead atoms. The minimum absolute atomic E-state index is 0.0870. The van der Waals surface area contributed by atoms with E-state index in [2.05, 4.69) is 21.6 Å². The summed E-state index contributed by atoms with van der Waals surface area (Å²) in [6.45, 7) is 3.96. The predicted molar refractivity (Wildman–Crippen MR) is 74.6 cm³/mol. The van der Waals surface area contributed by atoms with E-state index >= 15 is 0 Å². The molecule has 0 saturated heterocycles. The number of aryl methyl sites for hydroxylation is 2. The minimum atomic E-state index is -3.59. The van der Waals surface area contributed by atoms with E-state index in [1.807, 2.05) is 19.1 Å². The van der Waals surface area contributed by atoms with Gasteiger partial charge < -0.3 is 4.98 Å². The molecule has 6 heteroatoms. The molecule has 1 heterocycles. The van der Waals surface area contributed by atoms with Crippen LogP contribution in [0.2, 0.25) is 0 Å². The molecular weight excluding hydrogens is 262 g/mol. The molecule has 0 saturated carbocycles. The van der Waals surface area contributed by atoms with Gasteiger partial charge in [0.2, 0.25) is 0 Å². The van der Waals surface area contributed by atoms with E-state index in [-0.39, 0.29) is 5.03 Å². The van der Waals surface area contributed by atoms with E-state index in [0.29, 0.717) is 17.9 Å². The van der Waals surface area contributed by atoms with Crippen molar-refractivity contribution in [1.29, 1.82) is 0 Å². The highest BCUT2D eigenvalue weighted by molar-refractivity contribution is 7.92. The lowest BCUT2D eigenvalue weighted by atomic mass is 10.2. The van der Waals surface area contributed by atoms with Crippen molar-refractivity contribution in [2.45, 2.75) is 31.7 Å². The third kappa shape index (κ3) is 3.14. The Bertz CT molecular complexity index is 645. The van der Waals surface area contributed by atoms with Gasteiger partial charge in [0.1, 0.15) is 5.82 Å². The molecule has 19 heavy (non-hydrogen) atoms. The first kappa shape index (κ1) is 13.6. The largest absolute Gasteiger partial charge is 0.332 e. The second-order valence-electron chi connectivity index (χ2n) is 4.20.